The van der Waals surface area contributed by atoms with Gasteiger partial charge in [0.25, 0.3) is 0 Å². The summed E-state index contributed by atoms with van der Waals surface area (Å²) >= 11 is 0. The van der Waals surface area contributed by atoms with E-state index in [2.05, 4.69) is 25.4 Å². The van der Waals surface area contributed by atoms with E-state index in [0.717, 1.165) is 18.4 Å². The number of pyridine rings is 1. The zero-order valence-electron chi connectivity index (χ0n) is 21.1. The van der Waals surface area contributed by atoms with E-state index in [-0.39, 0.29) is 36.0 Å². The molecule has 0 aliphatic heterocycles. The van der Waals surface area contributed by atoms with Crippen molar-refractivity contribution in [1.82, 2.24) is 24.7 Å². The first-order valence-electron chi connectivity index (χ1n) is 12.0. The SMILES string of the molecule is CCOc1cc(F)c(Cn2nc(-c3ncc(CS(C)(=O)=O)c(Nc4ccncc4)n3)c3ccccc32)c(F)c1. The topological polar surface area (TPSA) is 112 Å². The lowest BCUT2D eigenvalue weighted by molar-refractivity contribution is 0.335. The number of aromatic nitrogens is 5. The molecule has 0 spiro atoms. The monoisotopic (exact) mass is 550 g/mol. The summed E-state index contributed by atoms with van der Waals surface area (Å²) in [6.07, 6.45) is 5.75. The molecule has 0 radical (unpaired) electrons. The largest absolute Gasteiger partial charge is 0.494 e. The molecule has 0 bridgehead atoms. The molecule has 39 heavy (non-hydrogen) atoms. The lowest BCUT2D eigenvalue weighted by Gasteiger charge is -2.11. The lowest BCUT2D eigenvalue weighted by atomic mass is 10.1. The molecule has 0 amide bonds. The number of anilines is 2. The lowest BCUT2D eigenvalue weighted by Crippen LogP contribution is -2.09. The van der Waals surface area contributed by atoms with Crippen LogP contribution in [0.3, 0.4) is 0 Å². The van der Waals surface area contributed by atoms with Crippen molar-refractivity contribution in [3.63, 3.8) is 0 Å². The molecule has 0 fully saturated rings. The summed E-state index contributed by atoms with van der Waals surface area (Å²) in [7, 11) is -3.38. The van der Waals surface area contributed by atoms with Gasteiger partial charge in [-0.25, -0.2) is 27.2 Å². The number of halogens is 2. The second kappa shape index (κ2) is 10.7. The van der Waals surface area contributed by atoms with Gasteiger partial charge >= 0.3 is 0 Å². The van der Waals surface area contributed by atoms with E-state index >= 15 is 0 Å². The Labute approximate surface area is 223 Å². The Hall–Kier alpha value is -4.45. The van der Waals surface area contributed by atoms with Gasteiger partial charge in [-0.05, 0) is 25.1 Å². The summed E-state index contributed by atoms with van der Waals surface area (Å²) < 4.78 is 60.5. The third-order valence-electron chi connectivity index (χ3n) is 5.83. The van der Waals surface area contributed by atoms with Gasteiger partial charge in [-0.1, -0.05) is 18.2 Å². The highest BCUT2D eigenvalue weighted by Crippen LogP contribution is 2.30. The van der Waals surface area contributed by atoms with Crippen LogP contribution in [0, 0.1) is 11.6 Å². The standard InChI is InChI=1S/C27H24F2N6O3S/c1-3-38-19-12-22(28)21(23(29)13-19)15-35-24-7-5-4-6-20(24)25(34-35)27-31-14-17(16-39(2,36)37)26(33-27)32-18-8-10-30-11-9-18/h4-14H,3,15-16H2,1-2H3,(H,30,31,32,33). The maximum absolute atomic E-state index is 14.8. The van der Waals surface area contributed by atoms with Crippen molar-refractivity contribution < 1.29 is 21.9 Å². The van der Waals surface area contributed by atoms with Crippen LogP contribution in [0.15, 0.2) is 67.1 Å². The van der Waals surface area contributed by atoms with Gasteiger partial charge in [-0.15, -0.1) is 0 Å². The van der Waals surface area contributed by atoms with Crippen molar-refractivity contribution in [2.45, 2.75) is 19.2 Å². The first-order chi connectivity index (χ1) is 18.7. The van der Waals surface area contributed by atoms with Crippen LogP contribution in [0.5, 0.6) is 5.75 Å². The number of nitrogens with zero attached hydrogens (tertiary/aromatic N) is 5. The fourth-order valence-corrected chi connectivity index (χ4v) is 4.91. The Morgan fingerprint density at radius 3 is 2.46 bits per heavy atom. The van der Waals surface area contributed by atoms with Gasteiger partial charge in [0.05, 0.1) is 24.4 Å². The molecule has 0 aliphatic rings. The summed E-state index contributed by atoms with van der Waals surface area (Å²) in [6.45, 7) is 1.83. The molecule has 0 saturated carbocycles. The Morgan fingerprint density at radius 1 is 1.05 bits per heavy atom. The smallest absolute Gasteiger partial charge is 0.182 e. The highest BCUT2D eigenvalue weighted by molar-refractivity contribution is 7.89. The van der Waals surface area contributed by atoms with Gasteiger partial charge in [-0.2, -0.15) is 5.10 Å². The molecule has 9 nitrogen and oxygen atoms in total. The molecule has 0 aliphatic carbocycles. The maximum Gasteiger partial charge on any atom is 0.182 e. The van der Waals surface area contributed by atoms with Crippen LogP contribution in [-0.4, -0.2) is 46.0 Å². The number of hydrogen-bond acceptors (Lipinski definition) is 8. The molecule has 200 valence electrons. The first-order valence-corrected chi connectivity index (χ1v) is 14.0. The van der Waals surface area contributed by atoms with Crippen molar-refractivity contribution in [1.29, 1.82) is 0 Å². The van der Waals surface area contributed by atoms with Gasteiger partial charge in [-0.3, -0.25) is 9.67 Å². The molecule has 2 aromatic carbocycles. The van der Waals surface area contributed by atoms with Gasteiger partial charge < -0.3 is 10.1 Å². The molecule has 0 saturated heterocycles. The second-order valence-corrected chi connectivity index (χ2v) is 11.0. The highest BCUT2D eigenvalue weighted by atomic mass is 32.2. The molecule has 5 aromatic rings. The van der Waals surface area contributed by atoms with Gasteiger partial charge in [0, 0.05) is 59.2 Å². The van der Waals surface area contributed by atoms with Crippen LogP contribution < -0.4 is 10.1 Å². The molecule has 1 N–H and O–H groups in total. The van der Waals surface area contributed by atoms with Crippen LogP contribution in [0.1, 0.15) is 18.1 Å². The van der Waals surface area contributed by atoms with E-state index in [4.69, 9.17) is 4.74 Å². The zero-order chi connectivity index (χ0) is 27.6. The summed E-state index contributed by atoms with van der Waals surface area (Å²) in [5.74, 6) is -1.15. The molecular formula is C27H24F2N6O3S. The predicted molar refractivity (Wildman–Crippen MR) is 143 cm³/mol. The van der Waals surface area contributed by atoms with Crippen molar-refractivity contribution in [2.75, 3.05) is 18.2 Å². The minimum atomic E-state index is -3.38. The van der Waals surface area contributed by atoms with E-state index in [1.54, 1.807) is 43.6 Å². The second-order valence-electron chi connectivity index (χ2n) is 8.82. The van der Waals surface area contributed by atoms with Crippen molar-refractivity contribution in [2.24, 2.45) is 0 Å². The Bertz CT molecular complexity index is 1740. The van der Waals surface area contributed by atoms with E-state index in [1.165, 1.54) is 10.9 Å². The maximum atomic E-state index is 14.8. The highest BCUT2D eigenvalue weighted by Gasteiger charge is 2.20. The number of rotatable bonds is 9. The third-order valence-corrected chi connectivity index (χ3v) is 6.66. The number of fused-ring (bicyclic) bond motifs is 1. The molecule has 0 unspecified atom stereocenters. The van der Waals surface area contributed by atoms with E-state index < -0.39 is 21.5 Å². The number of hydrogen-bond donors (Lipinski definition) is 1. The number of sulfone groups is 1. The van der Waals surface area contributed by atoms with Crippen LogP contribution in [0.2, 0.25) is 0 Å². The number of benzene rings is 2. The molecule has 12 heteroatoms. The molecule has 5 rings (SSSR count). The van der Waals surface area contributed by atoms with Gasteiger partial charge in [0.1, 0.15) is 28.9 Å². The fraction of sp³-hybridized carbons (Fsp3) is 0.185. The minimum absolute atomic E-state index is 0.110. The quantitative estimate of drug-likeness (QED) is 0.276. The summed E-state index contributed by atoms with van der Waals surface area (Å²) in [6, 6.07) is 12.9. The molecule has 3 aromatic heterocycles. The number of ether oxygens (including phenoxy) is 1. The normalized spacial score (nSPS) is 11.6. The van der Waals surface area contributed by atoms with Crippen LogP contribution in [-0.2, 0) is 22.1 Å². The van der Waals surface area contributed by atoms with Crippen LogP contribution in [0.4, 0.5) is 20.3 Å². The summed E-state index contributed by atoms with van der Waals surface area (Å²) in [5, 5.41) is 8.41. The number of para-hydroxylation sites is 1. The van der Waals surface area contributed by atoms with Gasteiger partial charge in [0.2, 0.25) is 0 Å². The Balaban J connectivity index is 1.59. The average Bonchev–Trinajstić information content (AvgIpc) is 3.26. The molecule has 0 atom stereocenters. The fourth-order valence-electron chi connectivity index (χ4n) is 4.13. The summed E-state index contributed by atoms with van der Waals surface area (Å²) in [5.41, 5.74) is 1.86. The first kappa shape index (κ1) is 26.2. The van der Waals surface area contributed by atoms with Crippen molar-refractivity contribution >= 4 is 32.2 Å². The van der Waals surface area contributed by atoms with Crippen molar-refractivity contribution in [3.8, 4) is 17.3 Å². The third kappa shape index (κ3) is 5.85. The van der Waals surface area contributed by atoms with Crippen LogP contribution >= 0.6 is 0 Å². The average molecular weight is 551 g/mol. The Morgan fingerprint density at radius 2 is 1.77 bits per heavy atom. The van der Waals surface area contributed by atoms with Crippen LogP contribution in [0.25, 0.3) is 22.4 Å². The van der Waals surface area contributed by atoms with Crippen molar-refractivity contribution in [3.05, 3.63) is 89.9 Å². The molecular weight excluding hydrogens is 526 g/mol. The molecule has 3 heterocycles. The Kier molecular flexibility index (Phi) is 7.20. The predicted octanol–water partition coefficient (Wildman–Crippen LogP) is 4.90. The number of nitrogens with one attached hydrogen (secondary N) is 1. The van der Waals surface area contributed by atoms with E-state index in [9.17, 15) is 17.2 Å². The van der Waals surface area contributed by atoms with Gasteiger partial charge in [0.15, 0.2) is 15.7 Å². The minimum Gasteiger partial charge on any atom is -0.494 e. The zero-order valence-corrected chi connectivity index (χ0v) is 21.9. The van der Waals surface area contributed by atoms with E-state index in [1.807, 2.05) is 12.1 Å². The van der Waals surface area contributed by atoms with E-state index in [0.29, 0.717) is 33.7 Å². The summed E-state index contributed by atoms with van der Waals surface area (Å²) in [4.78, 5) is 13.0.